The Labute approximate surface area is 374 Å². The van der Waals surface area contributed by atoms with Gasteiger partial charge in [0.05, 0.1) is 23.6 Å². The number of likely N-dealkylation sites (tertiary alicyclic amines) is 1. The molecule has 0 radical (unpaired) electrons. The molecule has 1 unspecified atom stereocenters. The molecule has 334 valence electrons. The highest BCUT2D eigenvalue weighted by molar-refractivity contribution is 6.05. The van der Waals surface area contributed by atoms with E-state index < -0.39 is 5.91 Å². The fourth-order valence-electron chi connectivity index (χ4n) is 9.50. The van der Waals surface area contributed by atoms with E-state index in [-0.39, 0.29) is 29.3 Å². The van der Waals surface area contributed by atoms with E-state index in [0.717, 1.165) is 78.8 Å². The first-order valence-electron chi connectivity index (χ1n) is 22.5. The van der Waals surface area contributed by atoms with Crippen LogP contribution < -0.4 is 30.7 Å². The van der Waals surface area contributed by atoms with Gasteiger partial charge in [0, 0.05) is 79.5 Å². The number of aryl methyl sites for hydroxylation is 1. The summed E-state index contributed by atoms with van der Waals surface area (Å²) in [6.45, 7) is 18.0. The van der Waals surface area contributed by atoms with Gasteiger partial charge in [-0.25, -0.2) is 19.7 Å². The van der Waals surface area contributed by atoms with Gasteiger partial charge in [-0.2, -0.15) is 4.98 Å². The number of piperidine rings is 2. The van der Waals surface area contributed by atoms with Gasteiger partial charge in [-0.1, -0.05) is 38.1 Å². The summed E-state index contributed by atoms with van der Waals surface area (Å²) >= 11 is 0. The molecular formula is C48H58N12O4. The van der Waals surface area contributed by atoms with Crippen LogP contribution in [0.3, 0.4) is 0 Å². The number of hydrogen-bond acceptors (Lipinski definition) is 13. The van der Waals surface area contributed by atoms with Gasteiger partial charge in [0.1, 0.15) is 18.0 Å². The Balaban J connectivity index is 0.708. The average Bonchev–Trinajstić information content (AvgIpc) is 3.79. The van der Waals surface area contributed by atoms with Crippen molar-refractivity contribution >= 4 is 46.5 Å². The van der Waals surface area contributed by atoms with Gasteiger partial charge in [-0.05, 0) is 112 Å². The largest absolute Gasteiger partial charge is 0.372 e. The molecule has 1 spiro atoms. The van der Waals surface area contributed by atoms with E-state index in [0.29, 0.717) is 35.9 Å². The third-order valence-electron chi connectivity index (χ3n) is 13.4. The Kier molecular flexibility index (Phi) is 11.8. The van der Waals surface area contributed by atoms with Crippen LogP contribution in [0.1, 0.15) is 93.5 Å². The third-order valence-corrected chi connectivity index (χ3v) is 13.4. The molecule has 7 heterocycles. The van der Waals surface area contributed by atoms with Crippen LogP contribution >= 0.6 is 0 Å². The number of aromatic nitrogens is 5. The smallest absolute Gasteiger partial charge is 0.328 e. The Hall–Kier alpha value is -6.42. The summed E-state index contributed by atoms with van der Waals surface area (Å²) in [4.78, 5) is 63.9. The molecule has 64 heavy (non-hydrogen) atoms. The van der Waals surface area contributed by atoms with Gasteiger partial charge in [0.25, 0.3) is 0 Å². The minimum absolute atomic E-state index is 0.0480. The molecule has 9 rings (SSSR count). The van der Waals surface area contributed by atoms with Gasteiger partial charge < -0.3 is 29.9 Å². The van der Waals surface area contributed by atoms with Crippen molar-refractivity contribution in [1.29, 1.82) is 0 Å². The molecule has 4 saturated heterocycles. The average molecular weight is 867 g/mol. The lowest BCUT2D eigenvalue weighted by molar-refractivity contribution is -0.120. The topological polar surface area (TPSA) is 178 Å². The number of anilines is 5. The van der Waals surface area contributed by atoms with E-state index in [9.17, 15) is 14.4 Å². The lowest BCUT2D eigenvalue weighted by Crippen LogP contribution is -2.60. The van der Waals surface area contributed by atoms with E-state index in [4.69, 9.17) is 9.51 Å². The monoisotopic (exact) mass is 866 g/mol. The highest BCUT2D eigenvalue weighted by atomic mass is 16.5. The predicted octanol–water partition coefficient (Wildman–Crippen LogP) is 7.03. The number of carbonyl (C=O) groups is 3. The zero-order chi connectivity index (χ0) is 44.6. The van der Waals surface area contributed by atoms with Crippen LogP contribution in [0.15, 0.2) is 77.7 Å². The molecule has 2 aromatic carbocycles. The SMILES string of the molecule is Cc1cc(-c2cc(Nc3ccc(N4CC5(CCN(CC6CCN(c7ccc(N8CCC(=O)NC8=O)cc7)CC6)CC5)C4)cn3)ncn2)ccc1C(C)NC(=O)c1nc(C(C)(C)C)no1. The summed E-state index contributed by atoms with van der Waals surface area (Å²) in [6.07, 6.45) is 8.67. The quantitative estimate of drug-likeness (QED) is 0.123. The van der Waals surface area contributed by atoms with Crippen LogP contribution in [0.4, 0.5) is 33.5 Å². The van der Waals surface area contributed by atoms with E-state index in [2.05, 4.69) is 75.0 Å². The number of urea groups is 1. The summed E-state index contributed by atoms with van der Waals surface area (Å²) in [5.41, 5.74) is 6.92. The van der Waals surface area contributed by atoms with E-state index in [1.807, 2.05) is 77.2 Å². The van der Waals surface area contributed by atoms with Crippen molar-refractivity contribution in [3.05, 3.63) is 96.0 Å². The second kappa shape index (κ2) is 17.6. The van der Waals surface area contributed by atoms with Crippen LogP contribution in [0.5, 0.6) is 0 Å². The molecule has 16 nitrogen and oxygen atoms in total. The zero-order valence-electron chi connectivity index (χ0n) is 37.4. The second-order valence-electron chi connectivity index (χ2n) is 19.1. The summed E-state index contributed by atoms with van der Waals surface area (Å²) in [7, 11) is 0. The first-order valence-corrected chi connectivity index (χ1v) is 22.5. The minimum atomic E-state index is -0.409. The normalized spacial score (nSPS) is 18.7. The maximum atomic E-state index is 12.9. The minimum Gasteiger partial charge on any atom is -0.372 e. The molecule has 1 atom stereocenters. The van der Waals surface area contributed by atoms with E-state index in [1.165, 1.54) is 37.9 Å². The van der Waals surface area contributed by atoms with Crippen LogP contribution in [0, 0.1) is 18.3 Å². The lowest BCUT2D eigenvalue weighted by atomic mass is 9.71. The number of carbonyl (C=O) groups excluding carboxylic acids is 3. The Morgan fingerprint density at radius 3 is 2.28 bits per heavy atom. The lowest BCUT2D eigenvalue weighted by Gasteiger charge is -2.55. The molecule has 4 fully saturated rings. The van der Waals surface area contributed by atoms with Gasteiger partial charge in [-0.3, -0.25) is 19.8 Å². The number of nitrogens with one attached hydrogen (secondary N) is 3. The molecule has 16 heteroatoms. The molecular weight excluding hydrogens is 809 g/mol. The van der Waals surface area contributed by atoms with Crippen LogP contribution in [-0.2, 0) is 10.2 Å². The van der Waals surface area contributed by atoms with Crippen molar-refractivity contribution in [2.24, 2.45) is 11.3 Å². The van der Waals surface area contributed by atoms with Crippen LogP contribution in [0.2, 0.25) is 0 Å². The number of rotatable bonds is 11. The number of benzene rings is 2. The van der Waals surface area contributed by atoms with Crippen molar-refractivity contribution in [3.63, 3.8) is 0 Å². The molecule has 3 N–H and O–H groups in total. The molecule has 3 aromatic heterocycles. The molecule has 4 amide bonds. The molecule has 0 saturated carbocycles. The molecule has 4 aliphatic rings. The molecule has 0 bridgehead atoms. The van der Waals surface area contributed by atoms with Crippen molar-refractivity contribution < 1.29 is 18.9 Å². The van der Waals surface area contributed by atoms with Gasteiger partial charge >= 0.3 is 17.8 Å². The standard InChI is InChI=1S/C48H58N12O4/c1-31-24-34(6-12-38(31)32(2)52-43(62)44-55-45(56-64-44)47(3,4)5)39-25-41(51-30-50-39)53-40-13-11-37(26-49-40)59-28-48(29-59)17-22-57(23-18-48)27-33-14-19-58(20-15-33)35-7-9-36(10-8-35)60-21-16-42(61)54-46(60)63/h6-13,24-26,30,32-33H,14-23,27-29H2,1-5H3,(H,52,62)(H,54,61,63)(H,49,50,51,53). The van der Waals surface area contributed by atoms with Gasteiger partial charge in [0.2, 0.25) is 5.91 Å². The highest BCUT2D eigenvalue weighted by Crippen LogP contribution is 2.43. The summed E-state index contributed by atoms with van der Waals surface area (Å²) in [5, 5.41) is 12.7. The maximum absolute atomic E-state index is 12.9. The van der Waals surface area contributed by atoms with Gasteiger partial charge in [-0.15, -0.1) is 0 Å². The zero-order valence-corrected chi connectivity index (χ0v) is 37.4. The second-order valence-corrected chi connectivity index (χ2v) is 19.1. The first-order chi connectivity index (χ1) is 30.8. The van der Waals surface area contributed by atoms with E-state index >= 15 is 0 Å². The van der Waals surface area contributed by atoms with Crippen LogP contribution in [0.25, 0.3) is 11.3 Å². The summed E-state index contributed by atoms with van der Waals surface area (Å²) in [6, 6.07) is 19.7. The number of imide groups is 1. The summed E-state index contributed by atoms with van der Waals surface area (Å²) in [5.74, 6) is 1.90. The molecule has 4 aliphatic heterocycles. The number of hydrogen-bond donors (Lipinski definition) is 3. The Bertz CT molecular complexity index is 2480. The molecule has 5 aromatic rings. The van der Waals surface area contributed by atoms with Crippen molar-refractivity contribution in [2.45, 2.75) is 78.2 Å². The third kappa shape index (κ3) is 9.42. The van der Waals surface area contributed by atoms with E-state index in [1.54, 1.807) is 11.2 Å². The van der Waals surface area contributed by atoms with Gasteiger partial charge in [0.15, 0.2) is 5.82 Å². The van der Waals surface area contributed by atoms with Crippen molar-refractivity contribution in [1.82, 2.24) is 40.6 Å². The molecule has 0 aliphatic carbocycles. The highest BCUT2D eigenvalue weighted by Gasteiger charge is 2.45. The van der Waals surface area contributed by atoms with Crippen LogP contribution in [-0.4, -0.2) is 100 Å². The number of nitrogens with zero attached hydrogens (tertiary/aromatic N) is 9. The number of amides is 4. The summed E-state index contributed by atoms with van der Waals surface area (Å²) < 4.78 is 5.23. The van der Waals surface area contributed by atoms with Crippen molar-refractivity contribution in [3.8, 4) is 11.3 Å². The Morgan fingerprint density at radius 2 is 1.61 bits per heavy atom. The first kappa shape index (κ1) is 42.9. The fraction of sp³-hybridized carbons (Fsp3) is 0.458. The Morgan fingerprint density at radius 1 is 0.875 bits per heavy atom. The predicted molar refractivity (Wildman–Crippen MR) is 246 cm³/mol. The number of pyridine rings is 1. The maximum Gasteiger partial charge on any atom is 0.328 e. The van der Waals surface area contributed by atoms with Crippen molar-refractivity contribution in [2.75, 3.05) is 72.4 Å². The fourth-order valence-corrected chi connectivity index (χ4v) is 9.50.